The number of anilines is 1. The highest BCUT2D eigenvalue weighted by atomic mass is 14.6. The van der Waals surface area contributed by atoms with Crippen LogP contribution in [-0.4, -0.2) is 0 Å². The molecule has 0 fully saturated rings. The van der Waals surface area contributed by atoms with Crippen molar-refractivity contribution in [3.8, 4) is 11.1 Å². The summed E-state index contributed by atoms with van der Waals surface area (Å²) in [4.78, 5) is 0. The van der Waals surface area contributed by atoms with E-state index in [1.807, 2.05) is 0 Å². The summed E-state index contributed by atoms with van der Waals surface area (Å²) in [6, 6.07) is 13.1. The highest BCUT2D eigenvalue weighted by molar-refractivity contribution is 5.82. The largest absolute Gasteiger partial charge is 0.398 e. The van der Waals surface area contributed by atoms with Gasteiger partial charge in [-0.3, -0.25) is 0 Å². The number of benzene rings is 2. The van der Waals surface area contributed by atoms with Crippen molar-refractivity contribution in [2.75, 3.05) is 5.73 Å². The predicted molar refractivity (Wildman–Crippen MR) is 82.3 cm³/mol. The highest BCUT2D eigenvalue weighted by Crippen LogP contribution is 2.40. The van der Waals surface area contributed by atoms with Gasteiger partial charge in [0.05, 0.1) is 0 Å². The molecule has 0 saturated heterocycles. The Labute approximate surface area is 115 Å². The molecule has 2 aromatic rings. The van der Waals surface area contributed by atoms with Crippen molar-refractivity contribution in [3.63, 3.8) is 0 Å². The zero-order valence-electron chi connectivity index (χ0n) is 11.6. The highest BCUT2D eigenvalue weighted by Gasteiger charge is 2.21. The second-order valence-corrected chi connectivity index (χ2v) is 5.46. The second kappa shape index (κ2) is 5.08. The molecule has 1 heteroatoms. The molecular formula is C18H21N. The van der Waals surface area contributed by atoms with Crippen LogP contribution in [-0.2, 0) is 12.8 Å². The van der Waals surface area contributed by atoms with Gasteiger partial charge in [0.25, 0.3) is 0 Å². The van der Waals surface area contributed by atoms with E-state index in [2.05, 4.69) is 43.3 Å². The zero-order chi connectivity index (χ0) is 13.2. The lowest BCUT2D eigenvalue weighted by molar-refractivity contribution is 0.718. The first-order valence-electron chi connectivity index (χ1n) is 7.29. The molecule has 0 aromatic heterocycles. The molecule has 0 spiro atoms. The Kier molecular flexibility index (Phi) is 3.29. The molecule has 2 N–H and O–H groups in total. The molecule has 0 radical (unpaired) electrons. The molecular weight excluding hydrogens is 230 g/mol. The molecule has 0 unspecified atom stereocenters. The number of nitrogen functional groups attached to an aromatic ring is 1. The lowest BCUT2D eigenvalue weighted by atomic mass is 9.98. The third-order valence-corrected chi connectivity index (χ3v) is 4.17. The second-order valence-electron chi connectivity index (χ2n) is 5.46. The third kappa shape index (κ3) is 2.14. The molecule has 1 nitrogen and oxygen atoms in total. The van der Waals surface area contributed by atoms with Crippen LogP contribution in [0.5, 0.6) is 0 Å². The van der Waals surface area contributed by atoms with Gasteiger partial charge in [0.1, 0.15) is 0 Å². The standard InChI is InChI=1S/C18H21N/c1-2-3-4-7-13-10-11-16-15-9-6-5-8-14(15)12-17(16)18(13)19/h5-6,8-11H,2-4,7,12,19H2,1H3. The van der Waals surface area contributed by atoms with Crippen LogP contribution in [0.25, 0.3) is 11.1 Å². The van der Waals surface area contributed by atoms with E-state index in [0.717, 1.165) is 18.5 Å². The van der Waals surface area contributed by atoms with Crippen molar-refractivity contribution < 1.29 is 0 Å². The van der Waals surface area contributed by atoms with E-state index in [-0.39, 0.29) is 0 Å². The molecule has 0 bridgehead atoms. The van der Waals surface area contributed by atoms with Gasteiger partial charge in [0.15, 0.2) is 0 Å². The Bertz CT molecular complexity index is 599. The number of hydrogen-bond acceptors (Lipinski definition) is 1. The first kappa shape index (κ1) is 12.3. The monoisotopic (exact) mass is 251 g/mol. The number of unbranched alkanes of at least 4 members (excludes halogenated alkanes) is 2. The molecule has 1 aliphatic carbocycles. The molecule has 1 aliphatic rings. The van der Waals surface area contributed by atoms with Gasteiger partial charge in [-0.25, -0.2) is 0 Å². The summed E-state index contributed by atoms with van der Waals surface area (Å²) < 4.78 is 0. The molecule has 0 heterocycles. The molecule has 0 amide bonds. The van der Waals surface area contributed by atoms with Crippen LogP contribution in [0, 0.1) is 0 Å². The van der Waals surface area contributed by atoms with Crippen molar-refractivity contribution in [1.29, 1.82) is 0 Å². The van der Waals surface area contributed by atoms with Crippen LogP contribution in [0.1, 0.15) is 42.9 Å². The van der Waals surface area contributed by atoms with Gasteiger partial charge in [-0.15, -0.1) is 0 Å². The lowest BCUT2D eigenvalue weighted by Gasteiger charge is -2.10. The zero-order valence-corrected chi connectivity index (χ0v) is 11.6. The first-order chi connectivity index (χ1) is 9.31. The van der Waals surface area contributed by atoms with Gasteiger partial charge in [-0.2, -0.15) is 0 Å². The fraction of sp³-hybridized carbons (Fsp3) is 0.333. The summed E-state index contributed by atoms with van der Waals surface area (Å²) >= 11 is 0. The van der Waals surface area contributed by atoms with Crippen molar-refractivity contribution in [2.24, 2.45) is 0 Å². The van der Waals surface area contributed by atoms with Gasteiger partial charge in [-0.05, 0) is 40.7 Å². The Morgan fingerprint density at radius 3 is 2.68 bits per heavy atom. The lowest BCUT2D eigenvalue weighted by Crippen LogP contribution is -1.99. The summed E-state index contributed by atoms with van der Waals surface area (Å²) in [6.45, 7) is 2.24. The smallest absolute Gasteiger partial charge is 0.0388 e. The van der Waals surface area contributed by atoms with Crippen LogP contribution < -0.4 is 5.73 Å². The summed E-state index contributed by atoms with van der Waals surface area (Å²) in [5.41, 5.74) is 14.2. The molecule has 0 atom stereocenters. The Hall–Kier alpha value is -1.76. The van der Waals surface area contributed by atoms with E-state index < -0.39 is 0 Å². The SMILES string of the molecule is CCCCCc1ccc2c(c1N)Cc1ccccc1-2. The van der Waals surface area contributed by atoms with E-state index in [4.69, 9.17) is 5.73 Å². The third-order valence-electron chi connectivity index (χ3n) is 4.17. The van der Waals surface area contributed by atoms with Gasteiger partial charge >= 0.3 is 0 Å². The molecule has 0 saturated carbocycles. The summed E-state index contributed by atoms with van der Waals surface area (Å²) in [5.74, 6) is 0. The summed E-state index contributed by atoms with van der Waals surface area (Å²) in [7, 11) is 0. The number of hydrogen-bond donors (Lipinski definition) is 1. The quantitative estimate of drug-likeness (QED) is 0.533. The van der Waals surface area contributed by atoms with Crippen LogP contribution in [0.3, 0.4) is 0 Å². The first-order valence-corrected chi connectivity index (χ1v) is 7.29. The Morgan fingerprint density at radius 2 is 1.84 bits per heavy atom. The summed E-state index contributed by atoms with van der Waals surface area (Å²) in [5, 5.41) is 0. The van der Waals surface area contributed by atoms with Crippen molar-refractivity contribution in [3.05, 3.63) is 53.1 Å². The Balaban J connectivity index is 1.93. The van der Waals surface area contributed by atoms with E-state index >= 15 is 0 Å². The average Bonchev–Trinajstić information content (AvgIpc) is 2.81. The summed E-state index contributed by atoms with van der Waals surface area (Å²) in [6.07, 6.45) is 5.90. The number of fused-ring (bicyclic) bond motifs is 3. The van der Waals surface area contributed by atoms with E-state index in [0.29, 0.717) is 0 Å². The van der Waals surface area contributed by atoms with Gasteiger partial charge in [-0.1, -0.05) is 56.2 Å². The maximum Gasteiger partial charge on any atom is 0.0388 e. The minimum atomic E-state index is 0.999. The molecule has 3 rings (SSSR count). The van der Waals surface area contributed by atoms with Crippen LogP contribution >= 0.6 is 0 Å². The van der Waals surface area contributed by atoms with E-state index in [9.17, 15) is 0 Å². The van der Waals surface area contributed by atoms with Crippen LogP contribution in [0.4, 0.5) is 5.69 Å². The van der Waals surface area contributed by atoms with E-state index in [1.54, 1.807) is 0 Å². The number of aryl methyl sites for hydroxylation is 1. The minimum absolute atomic E-state index is 0.999. The van der Waals surface area contributed by atoms with Crippen LogP contribution in [0.2, 0.25) is 0 Å². The van der Waals surface area contributed by atoms with Crippen molar-refractivity contribution in [1.82, 2.24) is 0 Å². The maximum atomic E-state index is 6.40. The Morgan fingerprint density at radius 1 is 1.00 bits per heavy atom. The molecule has 2 aromatic carbocycles. The van der Waals surface area contributed by atoms with E-state index in [1.165, 1.54) is 47.1 Å². The molecule has 19 heavy (non-hydrogen) atoms. The number of nitrogens with two attached hydrogens (primary N) is 1. The van der Waals surface area contributed by atoms with Crippen LogP contribution in [0.15, 0.2) is 36.4 Å². The number of rotatable bonds is 4. The normalized spacial score (nSPS) is 12.3. The average molecular weight is 251 g/mol. The maximum absolute atomic E-state index is 6.40. The van der Waals surface area contributed by atoms with Crippen molar-refractivity contribution >= 4 is 5.69 Å². The fourth-order valence-electron chi connectivity index (χ4n) is 3.07. The van der Waals surface area contributed by atoms with Gasteiger partial charge in [0.2, 0.25) is 0 Å². The predicted octanol–water partition coefficient (Wildman–Crippen LogP) is 4.57. The molecule has 98 valence electrons. The van der Waals surface area contributed by atoms with Gasteiger partial charge in [0, 0.05) is 12.1 Å². The molecule has 0 aliphatic heterocycles. The minimum Gasteiger partial charge on any atom is -0.398 e. The fourth-order valence-corrected chi connectivity index (χ4v) is 3.07. The van der Waals surface area contributed by atoms with Crippen molar-refractivity contribution in [2.45, 2.75) is 39.0 Å². The topological polar surface area (TPSA) is 26.0 Å². The van der Waals surface area contributed by atoms with Gasteiger partial charge < -0.3 is 5.73 Å².